The Morgan fingerprint density at radius 3 is 2.06 bits per heavy atom. The van der Waals surface area contributed by atoms with E-state index >= 15 is 0 Å². The molecule has 3 aromatic carbocycles. The lowest BCUT2D eigenvalue weighted by Gasteiger charge is -2.10. The summed E-state index contributed by atoms with van der Waals surface area (Å²) in [6.45, 7) is 0. The van der Waals surface area contributed by atoms with Crippen molar-refractivity contribution in [1.82, 2.24) is 0 Å². The molecule has 0 aliphatic heterocycles. The van der Waals surface area contributed by atoms with Gasteiger partial charge in [0.25, 0.3) is 0 Å². The average Bonchev–Trinajstić information content (AvgIpc) is 3.17. The lowest BCUT2D eigenvalue weighted by Crippen LogP contribution is -2.08. The van der Waals surface area contributed by atoms with Crippen LogP contribution in [0.2, 0.25) is 0 Å². The van der Waals surface area contributed by atoms with Crippen LogP contribution in [0.15, 0.2) is 60.7 Å². The minimum absolute atomic E-state index is 0.166. The summed E-state index contributed by atoms with van der Waals surface area (Å²) in [6, 6.07) is 17.2. The first kappa shape index (κ1) is 20.0. The van der Waals surface area contributed by atoms with Crippen molar-refractivity contribution in [3.63, 3.8) is 0 Å². The van der Waals surface area contributed by atoms with Crippen LogP contribution in [0.25, 0.3) is 32.2 Å². The van der Waals surface area contributed by atoms with E-state index in [9.17, 15) is 25.9 Å². The summed E-state index contributed by atoms with van der Waals surface area (Å²) in [6.07, 6.45) is 0. The first-order valence-corrected chi connectivity index (χ1v) is 12.3. The molecule has 0 unspecified atom stereocenters. The predicted molar refractivity (Wildman–Crippen MR) is 116 cm³/mol. The first-order valence-electron chi connectivity index (χ1n) is 8.75. The largest absolute Gasteiger partial charge is 0.446 e. The molecule has 158 valence electrons. The highest BCUT2D eigenvalue weighted by Gasteiger charge is 2.33. The summed E-state index contributed by atoms with van der Waals surface area (Å²) < 4.78 is 75.8. The molecule has 0 fully saturated rings. The molecule has 0 radical (unpaired) electrons. The Kier molecular flexibility index (Phi) is 4.36. The number of fused-ring (bicyclic) bond motifs is 1. The second kappa shape index (κ2) is 6.77. The zero-order chi connectivity index (χ0) is 22.0. The van der Waals surface area contributed by atoms with Gasteiger partial charge in [-0.1, -0.05) is 48.5 Å². The molecule has 5 rings (SSSR count). The molecule has 0 saturated carbocycles. The van der Waals surface area contributed by atoms with Gasteiger partial charge in [0.2, 0.25) is 0 Å². The fourth-order valence-electron chi connectivity index (χ4n) is 3.79. The maximum atomic E-state index is 11.7. The normalized spacial score (nSPS) is 13.9. The average molecular weight is 477 g/mol. The van der Waals surface area contributed by atoms with Gasteiger partial charge in [-0.3, -0.25) is 9.11 Å². The summed E-state index contributed by atoms with van der Waals surface area (Å²) in [5.41, 5.74) is 1.21. The van der Waals surface area contributed by atoms with Crippen molar-refractivity contribution in [3.8, 4) is 5.75 Å². The van der Waals surface area contributed by atoms with Gasteiger partial charge in [0.05, 0.1) is 4.88 Å². The summed E-state index contributed by atoms with van der Waals surface area (Å²) in [5.74, 6) is -0.333. The molecular weight excluding hydrogens is 464 g/mol. The second-order valence-electron chi connectivity index (χ2n) is 6.69. The fraction of sp³-hybridized carbons (Fsp3) is 0. The van der Waals surface area contributed by atoms with Gasteiger partial charge >= 0.3 is 20.8 Å². The topological polar surface area (TPSA) is 127 Å². The van der Waals surface area contributed by atoms with Crippen LogP contribution < -0.4 is 4.18 Å². The molecule has 1 aliphatic rings. The second-order valence-corrected chi connectivity index (χ2v) is 9.79. The third-order valence-corrected chi connectivity index (χ3v) is 6.72. The smallest absolute Gasteiger partial charge is 0.360 e. The minimum Gasteiger partial charge on any atom is -0.360 e. The highest BCUT2D eigenvalue weighted by molar-refractivity contribution is 7.81. The van der Waals surface area contributed by atoms with Gasteiger partial charge in [-0.2, -0.15) is 16.8 Å². The van der Waals surface area contributed by atoms with Crippen LogP contribution in [-0.4, -0.2) is 25.9 Å². The van der Waals surface area contributed by atoms with E-state index in [0.29, 0.717) is 26.6 Å². The molecule has 0 saturated heterocycles. The number of hydrogen-bond acceptors (Lipinski definition) is 7. The molecule has 0 bridgehead atoms. The third-order valence-electron chi connectivity index (χ3n) is 4.80. The Morgan fingerprint density at radius 2 is 1.39 bits per heavy atom. The van der Waals surface area contributed by atoms with Crippen LogP contribution in [0.1, 0.15) is 16.0 Å². The standard InChI is InChI=1S/C20H12O8S3/c21-30(22,23)27-18-14-9-4-6-11-5-3-8-13(16(11)14)17(18)20-19(28-31(24,25)26)12-7-1-2-10-15(12)29-20/h1-10H,(H,21,22,23)(H,24,25,26). The van der Waals surface area contributed by atoms with Gasteiger partial charge in [-0.05, 0) is 23.1 Å². The lowest BCUT2D eigenvalue weighted by molar-refractivity contribution is 0.370. The maximum Gasteiger partial charge on any atom is 0.446 e. The molecule has 8 nitrogen and oxygen atoms in total. The van der Waals surface area contributed by atoms with Gasteiger partial charge in [0.1, 0.15) is 0 Å². The Bertz CT molecular complexity index is 1620. The summed E-state index contributed by atoms with van der Waals surface area (Å²) in [4.78, 5) is 0.223. The van der Waals surface area contributed by atoms with Crippen molar-refractivity contribution in [2.24, 2.45) is 0 Å². The van der Waals surface area contributed by atoms with Crippen molar-refractivity contribution >= 4 is 64.3 Å². The monoisotopic (exact) mass is 476 g/mol. The molecule has 1 aliphatic carbocycles. The van der Waals surface area contributed by atoms with Gasteiger partial charge in [-0.25, -0.2) is 0 Å². The molecule has 11 heteroatoms. The number of thiophene rings is 1. The number of hydrogen-bond donors (Lipinski definition) is 2. The maximum absolute atomic E-state index is 11.7. The van der Waals surface area contributed by atoms with E-state index in [0.717, 1.165) is 16.7 Å². The Labute approximate surface area is 180 Å². The summed E-state index contributed by atoms with van der Waals surface area (Å²) in [7, 11) is -9.79. The number of rotatable bonds is 5. The highest BCUT2D eigenvalue weighted by atomic mass is 32.3. The number of benzene rings is 3. The Hall–Kier alpha value is -2.96. The Balaban J connectivity index is 1.91. The van der Waals surface area contributed by atoms with Crippen LogP contribution in [-0.2, 0) is 25.0 Å². The van der Waals surface area contributed by atoms with Crippen molar-refractivity contribution < 1.29 is 34.3 Å². The van der Waals surface area contributed by atoms with Gasteiger partial charge in [0.15, 0.2) is 11.5 Å². The molecule has 0 spiro atoms. The molecule has 4 aromatic rings. The van der Waals surface area contributed by atoms with E-state index in [1.807, 2.05) is 12.1 Å². The molecule has 0 amide bonds. The van der Waals surface area contributed by atoms with Crippen LogP contribution in [0.5, 0.6) is 5.75 Å². The molecule has 31 heavy (non-hydrogen) atoms. The first-order chi connectivity index (χ1) is 14.6. The van der Waals surface area contributed by atoms with Crippen LogP contribution >= 0.6 is 11.3 Å². The third kappa shape index (κ3) is 3.46. The fourth-order valence-corrected chi connectivity index (χ4v) is 5.79. The molecule has 2 N–H and O–H groups in total. The van der Waals surface area contributed by atoms with Gasteiger partial charge in [0, 0.05) is 26.6 Å². The molecular formula is C20H12O8S3. The SMILES string of the molecule is O=S(=O)(O)OC1=C(c2sc3ccccc3c2OS(=O)(=O)O)c2cccc3cccc1c23. The van der Waals surface area contributed by atoms with Crippen molar-refractivity contribution in [3.05, 3.63) is 76.7 Å². The van der Waals surface area contributed by atoms with E-state index in [2.05, 4.69) is 0 Å². The van der Waals surface area contributed by atoms with Crippen molar-refractivity contribution in [2.45, 2.75) is 0 Å². The van der Waals surface area contributed by atoms with E-state index in [-0.39, 0.29) is 22.0 Å². The van der Waals surface area contributed by atoms with E-state index in [1.165, 1.54) is 0 Å². The molecule has 0 atom stereocenters. The Morgan fingerprint density at radius 1 is 0.742 bits per heavy atom. The van der Waals surface area contributed by atoms with E-state index in [4.69, 9.17) is 8.37 Å². The predicted octanol–water partition coefficient (Wildman–Crippen LogP) is 4.29. The van der Waals surface area contributed by atoms with Gasteiger partial charge in [-0.15, -0.1) is 11.3 Å². The van der Waals surface area contributed by atoms with E-state index < -0.39 is 20.8 Å². The van der Waals surface area contributed by atoms with Crippen molar-refractivity contribution in [1.29, 1.82) is 0 Å². The highest BCUT2D eigenvalue weighted by Crippen LogP contribution is 2.52. The zero-order valence-electron chi connectivity index (χ0n) is 15.3. The summed E-state index contributed by atoms with van der Waals surface area (Å²) in [5, 5.41) is 1.87. The van der Waals surface area contributed by atoms with Crippen LogP contribution in [0.3, 0.4) is 0 Å². The van der Waals surface area contributed by atoms with Crippen LogP contribution in [0, 0.1) is 0 Å². The van der Waals surface area contributed by atoms with Crippen molar-refractivity contribution in [2.75, 3.05) is 0 Å². The van der Waals surface area contributed by atoms with Gasteiger partial charge < -0.3 is 8.37 Å². The zero-order valence-corrected chi connectivity index (χ0v) is 17.8. The minimum atomic E-state index is -4.90. The molecule has 1 aromatic heterocycles. The lowest BCUT2D eigenvalue weighted by atomic mass is 10.0. The molecule has 1 heterocycles. The summed E-state index contributed by atoms with van der Waals surface area (Å²) >= 11 is 1.13. The van der Waals surface area contributed by atoms with E-state index in [1.54, 1.807) is 48.5 Å². The van der Waals surface area contributed by atoms with Crippen LogP contribution in [0.4, 0.5) is 0 Å². The quantitative estimate of drug-likeness (QED) is 0.409.